The summed E-state index contributed by atoms with van der Waals surface area (Å²) in [5, 5.41) is 0. The minimum Gasteiger partial charge on any atom is -0.496 e. The molecule has 1 heterocycles. The fraction of sp³-hybridized carbons (Fsp3) is 0.308. The molecule has 0 aliphatic heterocycles. The summed E-state index contributed by atoms with van der Waals surface area (Å²) in [6.45, 7) is 0.321. The van der Waals surface area contributed by atoms with Crippen molar-refractivity contribution in [1.82, 2.24) is 14.3 Å². The number of hydrogen-bond donors (Lipinski definition) is 2. The Kier molecular flexibility index (Phi) is 4.61. The zero-order chi connectivity index (χ0) is 15.5. The van der Waals surface area contributed by atoms with E-state index in [9.17, 15) is 8.42 Å². The van der Waals surface area contributed by atoms with Crippen molar-refractivity contribution in [2.45, 2.75) is 18.0 Å². The number of hydrogen-bond acceptors (Lipinski definition) is 5. The number of methoxy groups -OCH3 is 1. The predicted octanol–water partition coefficient (Wildman–Crippen LogP) is 0.366. The first-order valence-corrected chi connectivity index (χ1v) is 7.79. The van der Waals surface area contributed by atoms with Crippen molar-refractivity contribution in [2.24, 2.45) is 12.8 Å². The van der Waals surface area contributed by atoms with E-state index in [0.717, 1.165) is 0 Å². The van der Waals surface area contributed by atoms with Crippen LogP contribution in [0, 0.1) is 0 Å². The summed E-state index contributed by atoms with van der Waals surface area (Å²) in [6.07, 6.45) is 3.37. The number of ether oxygens (including phenoxy) is 1. The Morgan fingerprint density at radius 1 is 1.43 bits per heavy atom. The van der Waals surface area contributed by atoms with Crippen LogP contribution in [-0.4, -0.2) is 25.1 Å². The maximum atomic E-state index is 12.3. The Morgan fingerprint density at radius 3 is 2.76 bits per heavy atom. The van der Waals surface area contributed by atoms with E-state index in [2.05, 4.69) is 9.71 Å². The molecule has 0 spiro atoms. The quantitative estimate of drug-likeness (QED) is 0.803. The molecule has 0 bridgehead atoms. The van der Waals surface area contributed by atoms with Crippen molar-refractivity contribution >= 4 is 10.0 Å². The van der Waals surface area contributed by atoms with Gasteiger partial charge < -0.3 is 15.0 Å². The molecule has 1 aromatic carbocycles. The number of nitrogens with zero attached hydrogens (tertiary/aromatic N) is 2. The number of sulfonamides is 1. The molecular weight excluding hydrogens is 292 g/mol. The van der Waals surface area contributed by atoms with E-state index in [1.807, 2.05) is 0 Å². The molecule has 3 N–H and O–H groups in total. The van der Waals surface area contributed by atoms with Gasteiger partial charge in [-0.15, -0.1) is 0 Å². The van der Waals surface area contributed by atoms with Crippen LogP contribution in [0.5, 0.6) is 5.75 Å². The zero-order valence-electron chi connectivity index (χ0n) is 11.9. The Bertz CT molecular complexity index is 725. The van der Waals surface area contributed by atoms with Gasteiger partial charge in [0, 0.05) is 31.5 Å². The molecule has 2 aromatic rings. The van der Waals surface area contributed by atoms with E-state index in [1.165, 1.54) is 19.2 Å². The standard InChI is InChI=1S/C13H18N4O3S/c1-17-6-5-15-13(17)9-16-21(18,19)11-3-4-12(20-2)10(7-11)8-14/h3-7,16H,8-9,14H2,1-2H3. The molecule has 114 valence electrons. The van der Waals surface area contributed by atoms with Crippen LogP contribution in [-0.2, 0) is 30.2 Å². The molecule has 0 fully saturated rings. The van der Waals surface area contributed by atoms with Gasteiger partial charge in [0.05, 0.1) is 18.6 Å². The average Bonchev–Trinajstić information content (AvgIpc) is 2.89. The zero-order valence-corrected chi connectivity index (χ0v) is 12.7. The van der Waals surface area contributed by atoms with Gasteiger partial charge in [-0.05, 0) is 18.2 Å². The summed E-state index contributed by atoms with van der Waals surface area (Å²) in [4.78, 5) is 4.22. The van der Waals surface area contributed by atoms with Crippen molar-refractivity contribution in [3.63, 3.8) is 0 Å². The van der Waals surface area contributed by atoms with Gasteiger partial charge >= 0.3 is 0 Å². The van der Waals surface area contributed by atoms with Gasteiger partial charge in [0.1, 0.15) is 11.6 Å². The fourth-order valence-electron chi connectivity index (χ4n) is 1.89. The molecule has 0 saturated heterocycles. The maximum absolute atomic E-state index is 12.3. The largest absolute Gasteiger partial charge is 0.496 e. The number of imidazole rings is 1. The Hall–Kier alpha value is -1.90. The first kappa shape index (κ1) is 15.5. The minimum atomic E-state index is -3.63. The minimum absolute atomic E-state index is 0.121. The molecular formula is C13H18N4O3S. The molecule has 0 radical (unpaired) electrons. The van der Waals surface area contributed by atoms with E-state index in [1.54, 1.807) is 30.1 Å². The molecule has 0 aliphatic rings. The number of aryl methyl sites for hydroxylation is 1. The van der Waals surface area contributed by atoms with Crippen molar-refractivity contribution in [3.8, 4) is 5.75 Å². The smallest absolute Gasteiger partial charge is 0.240 e. The number of nitrogens with two attached hydrogens (primary N) is 1. The lowest BCUT2D eigenvalue weighted by atomic mass is 10.2. The second-order valence-corrected chi connectivity index (χ2v) is 6.22. The number of rotatable bonds is 6. The average molecular weight is 310 g/mol. The first-order valence-electron chi connectivity index (χ1n) is 6.31. The number of aromatic nitrogens is 2. The third kappa shape index (κ3) is 3.41. The molecule has 0 aliphatic carbocycles. The van der Waals surface area contributed by atoms with Crippen molar-refractivity contribution in [1.29, 1.82) is 0 Å². The lowest BCUT2D eigenvalue weighted by molar-refractivity contribution is 0.409. The molecule has 0 atom stereocenters. The van der Waals surface area contributed by atoms with Crippen molar-refractivity contribution in [3.05, 3.63) is 42.0 Å². The summed E-state index contributed by atoms with van der Waals surface area (Å²) < 4.78 is 33.9. The molecule has 7 nitrogen and oxygen atoms in total. The predicted molar refractivity (Wildman–Crippen MR) is 78.1 cm³/mol. The molecule has 21 heavy (non-hydrogen) atoms. The highest BCUT2D eigenvalue weighted by atomic mass is 32.2. The molecule has 0 saturated carbocycles. The van der Waals surface area contributed by atoms with E-state index >= 15 is 0 Å². The van der Waals surface area contributed by atoms with Gasteiger partial charge in [0.2, 0.25) is 10.0 Å². The maximum Gasteiger partial charge on any atom is 0.240 e. The summed E-state index contributed by atoms with van der Waals surface area (Å²) in [5.74, 6) is 1.20. The normalized spacial score (nSPS) is 11.6. The van der Waals surface area contributed by atoms with Crippen LogP contribution in [0.4, 0.5) is 0 Å². The Balaban J connectivity index is 2.21. The van der Waals surface area contributed by atoms with Crippen molar-refractivity contribution < 1.29 is 13.2 Å². The van der Waals surface area contributed by atoms with Gasteiger partial charge in [-0.1, -0.05) is 0 Å². The van der Waals surface area contributed by atoms with Crippen molar-refractivity contribution in [2.75, 3.05) is 7.11 Å². The van der Waals surface area contributed by atoms with Crippen LogP contribution in [0.2, 0.25) is 0 Å². The van der Waals surface area contributed by atoms with Crippen LogP contribution in [0.15, 0.2) is 35.5 Å². The lowest BCUT2D eigenvalue weighted by Gasteiger charge is -2.11. The third-order valence-corrected chi connectivity index (χ3v) is 4.52. The molecule has 2 rings (SSSR count). The number of nitrogens with one attached hydrogen (secondary N) is 1. The highest BCUT2D eigenvalue weighted by Crippen LogP contribution is 2.22. The summed E-state index contributed by atoms with van der Waals surface area (Å²) in [7, 11) is -0.307. The van der Waals surface area contributed by atoms with Gasteiger partial charge in [0.15, 0.2) is 0 Å². The molecule has 0 amide bonds. The van der Waals surface area contributed by atoms with Gasteiger partial charge in [-0.2, -0.15) is 0 Å². The highest BCUT2D eigenvalue weighted by molar-refractivity contribution is 7.89. The summed E-state index contributed by atoms with van der Waals surface area (Å²) in [5.41, 5.74) is 6.24. The summed E-state index contributed by atoms with van der Waals surface area (Å²) >= 11 is 0. The van der Waals surface area contributed by atoms with Crippen LogP contribution in [0.3, 0.4) is 0 Å². The van der Waals surface area contributed by atoms with E-state index in [4.69, 9.17) is 10.5 Å². The molecule has 0 unspecified atom stereocenters. The van der Waals surface area contributed by atoms with Gasteiger partial charge in [-0.25, -0.2) is 18.1 Å². The Labute approximate surface area is 123 Å². The number of benzene rings is 1. The lowest BCUT2D eigenvalue weighted by Crippen LogP contribution is -2.25. The second-order valence-electron chi connectivity index (χ2n) is 4.46. The van der Waals surface area contributed by atoms with E-state index in [0.29, 0.717) is 17.1 Å². The van der Waals surface area contributed by atoms with Crippen LogP contribution in [0.1, 0.15) is 11.4 Å². The summed E-state index contributed by atoms with van der Waals surface area (Å²) in [6, 6.07) is 4.59. The van der Waals surface area contributed by atoms with Crippen LogP contribution >= 0.6 is 0 Å². The Morgan fingerprint density at radius 2 is 2.19 bits per heavy atom. The first-order chi connectivity index (χ1) is 9.97. The van der Waals surface area contributed by atoms with Crippen LogP contribution in [0.25, 0.3) is 0 Å². The SMILES string of the molecule is COc1ccc(S(=O)(=O)NCc2nccn2C)cc1CN. The van der Waals surface area contributed by atoms with Gasteiger partial charge in [0.25, 0.3) is 0 Å². The van der Waals surface area contributed by atoms with Gasteiger partial charge in [-0.3, -0.25) is 0 Å². The third-order valence-electron chi connectivity index (χ3n) is 3.12. The topological polar surface area (TPSA) is 99.2 Å². The highest BCUT2D eigenvalue weighted by Gasteiger charge is 2.16. The second kappa shape index (κ2) is 6.25. The van der Waals surface area contributed by atoms with E-state index in [-0.39, 0.29) is 18.0 Å². The van der Waals surface area contributed by atoms with Crippen LogP contribution < -0.4 is 15.2 Å². The van der Waals surface area contributed by atoms with E-state index < -0.39 is 10.0 Å². The monoisotopic (exact) mass is 310 g/mol. The fourth-order valence-corrected chi connectivity index (χ4v) is 2.92. The molecule has 8 heteroatoms. The molecule has 1 aromatic heterocycles.